The first-order valence-electron chi connectivity index (χ1n) is 21.7. The van der Waals surface area contributed by atoms with Gasteiger partial charge in [-0.25, -0.2) is 0 Å². The molecule has 11 aromatic rings. The van der Waals surface area contributed by atoms with Gasteiger partial charge in [0, 0.05) is 45.0 Å². The summed E-state index contributed by atoms with van der Waals surface area (Å²) >= 11 is 0. The minimum atomic E-state index is -0.120. The lowest BCUT2D eigenvalue weighted by Gasteiger charge is -2.28. The summed E-state index contributed by atoms with van der Waals surface area (Å²) in [7, 11) is 0. The first-order chi connectivity index (χ1) is 31.0. The highest BCUT2D eigenvalue weighted by molar-refractivity contribution is 6.12. The van der Waals surface area contributed by atoms with Crippen LogP contribution in [0.2, 0.25) is 0 Å². The number of anilines is 3. The van der Waals surface area contributed by atoms with Gasteiger partial charge in [0.1, 0.15) is 0 Å². The van der Waals surface area contributed by atoms with Gasteiger partial charge in [-0.3, -0.25) is 0 Å². The van der Waals surface area contributed by atoms with Crippen LogP contribution in [0.5, 0.6) is 23.0 Å². The number of para-hydroxylation sites is 3. The molecule has 2 heterocycles. The molecule has 0 unspecified atom stereocenters. The minimum absolute atomic E-state index is 0.120. The molecule has 0 radical (unpaired) electrons. The summed E-state index contributed by atoms with van der Waals surface area (Å²) in [6.07, 6.45) is 0. The Kier molecular flexibility index (Phi) is 7.62. The molecule has 1 aromatic heterocycles. The third-order valence-electron chi connectivity index (χ3n) is 13.4. The lowest BCUT2D eigenvalue weighted by atomic mass is 9.82. The van der Waals surface area contributed by atoms with Gasteiger partial charge in [-0.15, -0.1) is 0 Å². The Hall–Kier alpha value is -8.08. The molecule has 2 aliphatic rings. The topological polar surface area (TPSA) is 26.6 Å². The van der Waals surface area contributed by atoms with E-state index in [1.807, 2.05) is 24.3 Å². The number of hydrogen-bond donors (Lipinski definition) is 0. The fraction of sp³-hybridized carbons (Fsp3) is 0.0508. The maximum Gasteiger partial charge on any atom is 0.172 e. The highest BCUT2D eigenvalue weighted by Crippen LogP contribution is 2.52. The molecule has 0 saturated carbocycles. The van der Waals surface area contributed by atoms with Crippen molar-refractivity contribution in [2.24, 2.45) is 0 Å². The highest BCUT2D eigenvalue weighted by atomic mass is 16.6. The normalized spacial score (nSPS) is 13.3. The number of fused-ring (bicyclic) bond motifs is 11. The van der Waals surface area contributed by atoms with Crippen LogP contribution in [0.25, 0.3) is 71.3 Å². The van der Waals surface area contributed by atoms with Gasteiger partial charge in [0.25, 0.3) is 0 Å². The monoisotopic (exact) mass is 808 g/mol. The molecule has 63 heavy (non-hydrogen) atoms. The molecule has 0 N–H and O–H groups in total. The van der Waals surface area contributed by atoms with Crippen LogP contribution in [0.3, 0.4) is 0 Å². The van der Waals surface area contributed by atoms with E-state index in [0.29, 0.717) is 11.5 Å². The number of nitrogens with zero attached hydrogens (tertiary/aromatic N) is 2. The summed E-state index contributed by atoms with van der Waals surface area (Å²) in [6.45, 7) is 4.70. The second kappa shape index (κ2) is 13.5. The first kappa shape index (κ1) is 35.7. The number of rotatable bonds is 5. The van der Waals surface area contributed by atoms with Gasteiger partial charge in [0.05, 0.1) is 11.0 Å². The van der Waals surface area contributed by atoms with Crippen LogP contribution in [0.1, 0.15) is 25.0 Å². The molecule has 1 aliphatic heterocycles. The zero-order valence-corrected chi connectivity index (χ0v) is 34.8. The SMILES string of the molecule is CC1(C)c2ccccc2-c2ccc(N(c3ccc(-c4ccc5c6cc7c(cc6n(-c6ccccc6)c5c4)Oc4ccccc4O7)cc3)c3ccc4c(ccc5ccccc54)c3)cc21. The van der Waals surface area contributed by atoms with Gasteiger partial charge < -0.3 is 18.9 Å². The fourth-order valence-corrected chi connectivity index (χ4v) is 10.3. The fourth-order valence-electron chi connectivity index (χ4n) is 10.3. The molecule has 0 amide bonds. The molecule has 4 nitrogen and oxygen atoms in total. The van der Waals surface area contributed by atoms with Crippen molar-refractivity contribution in [3.8, 4) is 50.9 Å². The molecule has 0 bridgehead atoms. The zero-order chi connectivity index (χ0) is 41.8. The molecule has 4 heteroatoms. The van der Waals surface area contributed by atoms with Crippen LogP contribution in [-0.2, 0) is 5.41 Å². The molecular formula is C59H40N2O2. The second-order valence-corrected chi connectivity index (χ2v) is 17.3. The number of ether oxygens (including phenoxy) is 2. The van der Waals surface area contributed by atoms with E-state index in [1.54, 1.807) is 0 Å². The van der Waals surface area contributed by atoms with E-state index >= 15 is 0 Å². The van der Waals surface area contributed by atoms with E-state index in [2.05, 4.69) is 205 Å². The third kappa shape index (κ3) is 5.48. The van der Waals surface area contributed by atoms with E-state index in [9.17, 15) is 0 Å². The van der Waals surface area contributed by atoms with E-state index in [4.69, 9.17) is 9.47 Å². The quantitative estimate of drug-likeness (QED) is 0.162. The van der Waals surface area contributed by atoms with Gasteiger partial charge in [-0.1, -0.05) is 141 Å². The van der Waals surface area contributed by atoms with Crippen molar-refractivity contribution in [1.29, 1.82) is 0 Å². The summed E-state index contributed by atoms with van der Waals surface area (Å²) < 4.78 is 15.1. The summed E-state index contributed by atoms with van der Waals surface area (Å²) in [5.74, 6) is 2.86. The molecule has 0 saturated heterocycles. The van der Waals surface area contributed by atoms with Crippen LogP contribution in [0, 0.1) is 0 Å². The Bertz CT molecular complexity index is 3660. The van der Waals surface area contributed by atoms with Crippen molar-refractivity contribution in [2.45, 2.75) is 19.3 Å². The lowest BCUT2D eigenvalue weighted by Crippen LogP contribution is -2.16. The standard InChI is InChI=1S/C59H40N2O2/c1-59(2)51-17-9-8-16-47(51)48-31-28-44(34-52(48)59)60(43-27-30-46-40(32-43)21-20-38-12-6-7-15-45(38)46)42-25-22-37(23-26-42)39-24-29-49-50-35-57-58(63-56-19-11-10-18-55(56)62-57)36-54(50)61(53(49)33-39)41-13-4-3-5-14-41/h3-36H,1-2H3. The summed E-state index contributed by atoms with van der Waals surface area (Å²) in [5, 5.41) is 7.25. The predicted octanol–water partition coefficient (Wildman–Crippen LogP) is 16.4. The summed E-state index contributed by atoms with van der Waals surface area (Å²) in [6, 6.07) is 74.4. The van der Waals surface area contributed by atoms with Crippen LogP contribution in [-0.4, -0.2) is 4.57 Å². The number of aromatic nitrogens is 1. The Labute approximate surface area is 365 Å². The lowest BCUT2D eigenvalue weighted by molar-refractivity contribution is 0.360. The third-order valence-corrected chi connectivity index (χ3v) is 13.4. The van der Waals surface area contributed by atoms with E-state index in [1.165, 1.54) is 43.8 Å². The van der Waals surface area contributed by atoms with Crippen LogP contribution in [0.15, 0.2) is 206 Å². The maximum atomic E-state index is 6.40. The van der Waals surface area contributed by atoms with E-state index < -0.39 is 0 Å². The Balaban J connectivity index is 0.941. The van der Waals surface area contributed by atoms with Crippen molar-refractivity contribution in [3.05, 3.63) is 217 Å². The van der Waals surface area contributed by atoms with Crippen molar-refractivity contribution in [2.75, 3.05) is 4.90 Å². The zero-order valence-electron chi connectivity index (χ0n) is 34.8. The Morgan fingerprint density at radius 2 is 0.984 bits per heavy atom. The van der Waals surface area contributed by atoms with Crippen molar-refractivity contribution < 1.29 is 9.47 Å². The van der Waals surface area contributed by atoms with E-state index in [-0.39, 0.29) is 5.41 Å². The number of hydrogen-bond acceptors (Lipinski definition) is 3. The van der Waals surface area contributed by atoms with Crippen molar-refractivity contribution in [3.63, 3.8) is 0 Å². The van der Waals surface area contributed by atoms with Crippen LogP contribution >= 0.6 is 0 Å². The largest absolute Gasteiger partial charge is 0.449 e. The maximum absolute atomic E-state index is 6.40. The molecule has 1 aliphatic carbocycles. The smallest absolute Gasteiger partial charge is 0.172 e. The number of benzene rings is 10. The average Bonchev–Trinajstić information content (AvgIpc) is 3.77. The Morgan fingerprint density at radius 1 is 0.381 bits per heavy atom. The van der Waals surface area contributed by atoms with Gasteiger partial charge in [-0.05, 0) is 128 Å². The highest BCUT2D eigenvalue weighted by Gasteiger charge is 2.36. The van der Waals surface area contributed by atoms with Gasteiger partial charge in [-0.2, -0.15) is 0 Å². The molecule has 0 spiro atoms. The van der Waals surface area contributed by atoms with E-state index in [0.717, 1.165) is 67.2 Å². The van der Waals surface area contributed by atoms with Gasteiger partial charge in [0.2, 0.25) is 0 Å². The second-order valence-electron chi connectivity index (χ2n) is 17.3. The van der Waals surface area contributed by atoms with Crippen molar-refractivity contribution in [1.82, 2.24) is 4.57 Å². The molecule has 13 rings (SSSR count). The predicted molar refractivity (Wildman–Crippen MR) is 260 cm³/mol. The van der Waals surface area contributed by atoms with Gasteiger partial charge in [0.15, 0.2) is 23.0 Å². The van der Waals surface area contributed by atoms with Crippen LogP contribution in [0.4, 0.5) is 17.1 Å². The Morgan fingerprint density at radius 3 is 1.83 bits per heavy atom. The molecule has 0 fully saturated rings. The molecule has 298 valence electrons. The first-order valence-corrected chi connectivity index (χ1v) is 21.7. The molecular weight excluding hydrogens is 769 g/mol. The average molecular weight is 809 g/mol. The molecule has 10 aromatic carbocycles. The van der Waals surface area contributed by atoms with Crippen LogP contribution < -0.4 is 14.4 Å². The molecule has 0 atom stereocenters. The summed E-state index contributed by atoms with van der Waals surface area (Å²) in [4.78, 5) is 2.42. The minimum Gasteiger partial charge on any atom is -0.449 e. The van der Waals surface area contributed by atoms with Gasteiger partial charge >= 0.3 is 0 Å². The van der Waals surface area contributed by atoms with Crippen molar-refractivity contribution >= 4 is 60.4 Å². The summed E-state index contributed by atoms with van der Waals surface area (Å²) in [5.41, 5.74) is 14.1.